The Kier molecular flexibility index (Phi) is 4.72. The van der Waals surface area contributed by atoms with Crippen LogP contribution >= 0.6 is 11.3 Å². The van der Waals surface area contributed by atoms with Gasteiger partial charge in [0.25, 0.3) is 0 Å². The van der Waals surface area contributed by atoms with Crippen molar-refractivity contribution < 1.29 is 18.0 Å². The molecule has 0 atom stereocenters. The molecule has 2 aromatic rings. The normalized spacial score (nSPS) is 15.8. The average molecular weight is 373 g/mol. The lowest BCUT2D eigenvalue weighted by Gasteiger charge is -2.35. The first-order chi connectivity index (χ1) is 11.8. The number of nitrogen functional groups attached to an aromatic ring is 1. The highest BCUT2D eigenvalue weighted by molar-refractivity contribution is 7.18. The summed E-state index contributed by atoms with van der Waals surface area (Å²) >= 11 is 1.55. The van der Waals surface area contributed by atoms with Crippen LogP contribution in [0.15, 0.2) is 6.07 Å². The Morgan fingerprint density at radius 3 is 2.56 bits per heavy atom. The molecule has 0 aromatic carbocycles. The van der Waals surface area contributed by atoms with Gasteiger partial charge < -0.3 is 15.5 Å². The zero-order chi connectivity index (χ0) is 18.2. The lowest BCUT2D eigenvalue weighted by atomic mass is 10.2. The highest BCUT2D eigenvalue weighted by Gasteiger charge is 2.34. The van der Waals surface area contributed by atoms with Gasteiger partial charge in [0.1, 0.15) is 17.1 Å². The summed E-state index contributed by atoms with van der Waals surface area (Å²) in [6.45, 7) is 3.32. The van der Waals surface area contributed by atoms with Crippen LogP contribution in [0, 0.1) is 0 Å². The SMILES string of the molecule is CCc1cc2c(N3CCN(C(=O)CC(F)(F)F)CC3)nc(N)nc2s1. The highest BCUT2D eigenvalue weighted by Crippen LogP contribution is 2.32. The molecule has 0 unspecified atom stereocenters. The van der Waals surface area contributed by atoms with Crippen LogP contribution < -0.4 is 10.6 Å². The largest absolute Gasteiger partial charge is 0.397 e. The zero-order valence-corrected chi connectivity index (χ0v) is 14.5. The van der Waals surface area contributed by atoms with Gasteiger partial charge in [0.2, 0.25) is 11.9 Å². The molecule has 1 amide bonds. The number of thiophene rings is 1. The monoisotopic (exact) mass is 373 g/mol. The Morgan fingerprint density at radius 2 is 1.96 bits per heavy atom. The van der Waals surface area contributed by atoms with Crippen LogP contribution in [0.4, 0.5) is 24.9 Å². The lowest BCUT2D eigenvalue weighted by Crippen LogP contribution is -2.49. The van der Waals surface area contributed by atoms with Crippen LogP contribution in [-0.2, 0) is 11.2 Å². The summed E-state index contributed by atoms with van der Waals surface area (Å²) in [4.78, 5) is 25.4. The second kappa shape index (κ2) is 6.66. The van der Waals surface area contributed by atoms with E-state index in [1.165, 1.54) is 4.90 Å². The number of piperazine rings is 1. The Bertz CT molecular complexity index is 783. The summed E-state index contributed by atoms with van der Waals surface area (Å²) in [5.41, 5.74) is 5.80. The molecule has 2 N–H and O–H groups in total. The van der Waals surface area contributed by atoms with Crippen molar-refractivity contribution in [3.8, 4) is 0 Å². The fourth-order valence-corrected chi connectivity index (χ4v) is 3.81. The van der Waals surface area contributed by atoms with Crippen LogP contribution in [0.3, 0.4) is 0 Å². The maximum Gasteiger partial charge on any atom is 0.397 e. The maximum absolute atomic E-state index is 12.4. The van der Waals surface area contributed by atoms with Crippen molar-refractivity contribution in [2.24, 2.45) is 0 Å². The van der Waals surface area contributed by atoms with Gasteiger partial charge in [-0.15, -0.1) is 11.3 Å². The van der Waals surface area contributed by atoms with E-state index in [0.29, 0.717) is 18.9 Å². The predicted molar refractivity (Wildman–Crippen MR) is 90.7 cm³/mol. The number of alkyl halides is 3. The smallest absolute Gasteiger partial charge is 0.368 e. The fourth-order valence-electron chi connectivity index (χ4n) is 2.84. The first-order valence-corrected chi connectivity index (χ1v) is 8.74. The number of anilines is 2. The maximum atomic E-state index is 12.4. The number of rotatable bonds is 3. The van der Waals surface area contributed by atoms with Gasteiger partial charge in [0.05, 0.1) is 5.39 Å². The van der Waals surface area contributed by atoms with Gasteiger partial charge in [-0.3, -0.25) is 4.79 Å². The Labute approximate surface area is 146 Å². The number of hydrogen-bond donors (Lipinski definition) is 1. The Balaban J connectivity index is 1.76. The third-order valence-electron chi connectivity index (χ3n) is 4.07. The van der Waals surface area contributed by atoms with Crippen molar-refractivity contribution in [1.29, 1.82) is 0 Å². The van der Waals surface area contributed by atoms with E-state index in [0.717, 1.165) is 21.5 Å². The number of carbonyl (C=O) groups excluding carboxylic acids is 1. The van der Waals surface area contributed by atoms with E-state index in [-0.39, 0.29) is 19.0 Å². The van der Waals surface area contributed by atoms with Gasteiger partial charge in [-0.05, 0) is 12.5 Å². The van der Waals surface area contributed by atoms with Crippen LogP contribution in [0.25, 0.3) is 10.2 Å². The molecular formula is C15H18F3N5OS. The quantitative estimate of drug-likeness (QED) is 0.894. The highest BCUT2D eigenvalue weighted by atomic mass is 32.1. The van der Waals surface area contributed by atoms with E-state index in [2.05, 4.69) is 9.97 Å². The van der Waals surface area contributed by atoms with Crippen molar-refractivity contribution in [3.63, 3.8) is 0 Å². The molecule has 25 heavy (non-hydrogen) atoms. The summed E-state index contributed by atoms with van der Waals surface area (Å²) in [7, 11) is 0. The zero-order valence-electron chi connectivity index (χ0n) is 13.6. The van der Waals surface area contributed by atoms with Gasteiger partial charge in [0, 0.05) is 31.1 Å². The molecule has 0 radical (unpaired) electrons. The second-order valence-electron chi connectivity index (χ2n) is 5.85. The van der Waals surface area contributed by atoms with Gasteiger partial charge in [-0.25, -0.2) is 4.98 Å². The van der Waals surface area contributed by atoms with E-state index in [1.54, 1.807) is 11.3 Å². The molecule has 1 fully saturated rings. The first kappa shape index (κ1) is 17.7. The van der Waals surface area contributed by atoms with Gasteiger partial charge in [0.15, 0.2) is 0 Å². The standard InChI is InChI=1S/C15H18F3N5OS/c1-2-9-7-10-12(20-14(19)21-13(10)25-9)23-5-3-22(4-6-23)11(24)8-15(16,17)18/h7H,2-6,8H2,1H3,(H2,19,20,21). The van der Waals surface area contributed by atoms with Crippen LogP contribution in [0.2, 0.25) is 0 Å². The number of halogens is 3. The number of nitrogens with two attached hydrogens (primary N) is 1. The number of aryl methyl sites for hydroxylation is 1. The molecule has 1 aliphatic rings. The summed E-state index contributed by atoms with van der Waals surface area (Å²) < 4.78 is 37.1. The van der Waals surface area contributed by atoms with E-state index in [4.69, 9.17) is 5.73 Å². The number of aromatic nitrogens is 2. The summed E-state index contributed by atoms with van der Waals surface area (Å²) in [6, 6.07) is 2.02. The molecule has 3 heterocycles. The van der Waals surface area contributed by atoms with Gasteiger partial charge in [-0.2, -0.15) is 18.2 Å². The van der Waals surface area contributed by atoms with Crippen molar-refractivity contribution in [1.82, 2.24) is 14.9 Å². The average Bonchev–Trinajstić information content (AvgIpc) is 2.95. The van der Waals surface area contributed by atoms with E-state index >= 15 is 0 Å². The lowest BCUT2D eigenvalue weighted by molar-refractivity contribution is -0.161. The molecule has 2 aromatic heterocycles. The fraction of sp³-hybridized carbons (Fsp3) is 0.533. The van der Waals surface area contributed by atoms with E-state index in [1.807, 2.05) is 17.9 Å². The molecule has 1 saturated heterocycles. The van der Waals surface area contributed by atoms with Crippen molar-refractivity contribution in [3.05, 3.63) is 10.9 Å². The third-order valence-corrected chi connectivity index (χ3v) is 5.25. The van der Waals surface area contributed by atoms with E-state index in [9.17, 15) is 18.0 Å². The van der Waals surface area contributed by atoms with Crippen LogP contribution in [-0.4, -0.2) is 53.1 Å². The molecule has 1 aliphatic heterocycles. The van der Waals surface area contributed by atoms with Crippen molar-refractivity contribution >= 4 is 39.2 Å². The molecule has 3 rings (SSSR count). The number of amides is 1. The summed E-state index contributed by atoms with van der Waals surface area (Å²) in [5, 5.41) is 0.895. The van der Waals surface area contributed by atoms with Crippen LogP contribution in [0.1, 0.15) is 18.2 Å². The molecular weight excluding hydrogens is 355 g/mol. The van der Waals surface area contributed by atoms with Crippen molar-refractivity contribution in [2.45, 2.75) is 25.9 Å². The minimum atomic E-state index is -4.48. The van der Waals surface area contributed by atoms with Gasteiger partial charge >= 0.3 is 6.18 Å². The van der Waals surface area contributed by atoms with Crippen molar-refractivity contribution in [2.75, 3.05) is 36.8 Å². The Hall–Kier alpha value is -2.10. The Morgan fingerprint density at radius 1 is 1.28 bits per heavy atom. The van der Waals surface area contributed by atoms with Crippen LogP contribution in [0.5, 0.6) is 0 Å². The first-order valence-electron chi connectivity index (χ1n) is 7.92. The molecule has 136 valence electrons. The molecule has 0 spiro atoms. The summed E-state index contributed by atoms with van der Waals surface area (Å²) in [5.74, 6) is -0.0350. The topological polar surface area (TPSA) is 75.3 Å². The number of fused-ring (bicyclic) bond motifs is 1. The number of carbonyl (C=O) groups is 1. The number of hydrogen-bond acceptors (Lipinski definition) is 6. The predicted octanol–water partition coefficient (Wildman–Crippen LogP) is 2.44. The number of nitrogens with zero attached hydrogens (tertiary/aromatic N) is 4. The summed E-state index contributed by atoms with van der Waals surface area (Å²) in [6.07, 6.45) is -5.02. The molecule has 0 aliphatic carbocycles. The third kappa shape index (κ3) is 3.94. The van der Waals surface area contributed by atoms with Gasteiger partial charge in [-0.1, -0.05) is 6.92 Å². The molecule has 10 heteroatoms. The molecule has 0 saturated carbocycles. The second-order valence-corrected chi connectivity index (χ2v) is 6.97. The van der Waals surface area contributed by atoms with E-state index < -0.39 is 18.5 Å². The molecule has 0 bridgehead atoms. The molecule has 6 nitrogen and oxygen atoms in total. The minimum Gasteiger partial charge on any atom is -0.368 e. The minimum absolute atomic E-state index is 0.169.